The SMILES string of the molecule is Cc1cccc(N(CCCC(=O)Nc2ccc3ccccc3c2)S(C)(=O)=O)c1. The van der Waals surface area contributed by atoms with Crippen LogP contribution in [0.1, 0.15) is 18.4 Å². The lowest BCUT2D eigenvalue weighted by Gasteiger charge is -2.22. The molecule has 0 spiro atoms. The molecule has 5 nitrogen and oxygen atoms in total. The number of fused-ring (bicyclic) bond motifs is 1. The highest BCUT2D eigenvalue weighted by molar-refractivity contribution is 7.92. The van der Waals surface area contributed by atoms with E-state index in [1.807, 2.05) is 67.6 Å². The molecule has 0 heterocycles. The Morgan fingerprint density at radius 1 is 0.964 bits per heavy atom. The van der Waals surface area contributed by atoms with Crippen LogP contribution in [0.15, 0.2) is 66.7 Å². The Hall–Kier alpha value is -2.86. The van der Waals surface area contributed by atoms with Gasteiger partial charge in [-0.1, -0.05) is 42.5 Å². The number of benzene rings is 3. The summed E-state index contributed by atoms with van der Waals surface area (Å²) in [4.78, 5) is 12.3. The van der Waals surface area contributed by atoms with Crippen molar-refractivity contribution in [2.45, 2.75) is 19.8 Å². The molecule has 0 radical (unpaired) electrons. The fraction of sp³-hybridized carbons (Fsp3) is 0.227. The molecular weight excluding hydrogens is 372 g/mol. The van der Waals surface area contributed by atoms with Crippen LogP contribution in [-0.2, 0) is 14.8 Å². The molecule has 1 N–H and O–H groups in total. The summed E-state index contributed by atoms with van der Waals surface area (Å²) in [6.45, 7) is 2.17. The van der Waals surface area contributed by atoms with Crippen LogP contribution in [0.2, 0.25) is 0 Å². The van der Waals surface area contributed by atoms with Gasteiger partial charge in [0.25, 0.3) is 0 Å². The van der Waals surface area contributed by atoms with Gasteiger partial charge in [-0.15, -0.1) is 0 Å². The quantitative estimate of drug-likeness (QED) is 0.646. The summed E-state index contributed by atoms with van der Waals surface area (Å²) in [7, 11) is -3.41. The molecule has 6 heteroatoms. The highest BCUT2D eigenvalue weighted by Gasteiger charge is 2.17. The van der Waals surface area contributed by atoms with Crippen molar-refractivity contribution in [1.82, 2.24) is 0 Å². The summed E-state index contributed by atoms with van der Waals surface area (Å²) in [6.07, 6.45) is 1.86. The second kappa shape index (κ2) is 8.44. The number of nitrogens with zero attached hydrogens (tertiary/aromatic N) is 1. The van der Waals surface area contributed by atoms with Crippen LogP contribution in [0, 0.1) is 6.92 Å². The molecule has 0 saturated carbocycles. The lowest BCUT2D eigenvalue weighted by atomic mass is 10.1. The van der Waals surface area contributed by atoms with Crippen molar-refractivity contribution >= 4 is 38.1 Å². The molecule has 0 atom stereocenters. The third-order valence-corrected chi connectivity index (χ3v) is 5.68. The number of hydrogen-bond acceptors (Lipinski definition) is 3. The Balaban J connectivity index is 1.61. The highest BCUT2D eigenvalue weighted by atomic mass is 32.2. The van der Waals surface area contributed by atoms with Gasteiger partial charge in [-0.05, 0) is 53.9 Å². The highest BCUT2D eigenvalue weighted by Crippen LogP contribution is 2.21. The van der Waals surface area contributed by atoms with Crippen LogP contribution in [0.5, 0.6) is 0 Å². The van der Waals surface area contributed by atoms with E-state index in [4.69, 9.17) is 0 Å². The van der Waals surface area contributed by atoms with Crippen LogP contribution in [0.25, 0.3) is 10.8 Å². The zero-order valence-electron chi connectivity index (χ0n) is 16.1. The van der Waals surface area contributed by atoms with E-state index in [2.05, 4.69) is 5.32 Å². The first-order valence-electron chi connectivity index (χ1n) is 9.16. The Labute approximate surface area is 166 Å². The Morgan fingerprint density at radius 3 is 2.43 bits per heavy atom. The number of hydrogen-bond donors (Lipinski definition) is 1. The first-order valence-corrected chi connectivity index (χ1v) is 11.0. The minimum atomic E-state index is -3.41. The number of rotatable bonds is 7. The maximum Gasteiger partial charge on any atom is 0.232 e. The van der Waals surface area contributed by atoms with Crippen molar-refractivity contribution in [3.05, 3.63) is 72.3 Å². The van der Waals surface area contributed by atoms with E-state index in [1.165, 1.54) is 10.6 Å². The molecule has 3 aromatic carbocycles. The van der Waals surface area contributed by atoms with Gasteiger partial charge >= 0.3 is 0 Å². The third-order valence-electron chi connectivity index (χ3n) is 4.49. The molecule has 1 amide bonds. The molecule has 0 bridgehead atoms. The molecule has 0 unspecified atom stereocenters. The fourth-order valence-corrected chi connectivity index (χ4v) is 4.10. The van der Waals surface area contributed by atoms with Gasteiger partial charge in [-0.3, -0.25) is 9.10 Å². The zero-order chi connectivity index (χ0) is 20.1. The van der Waals surface area contributed by atoms with Crippen molar-refractivity contribution in [3.63, 3.8) is 0 Å². The first kappa shape index (κ1) is 19.9. The van der Waals surface area contributed by atoms with Crippen molar-refractivity contribution in [2.24, 2.45) is 0 Å². The summed E-state index contributed by atoms with van der Waals surface area (Å²) in [6, 6.07) is 21.1. The first-order chi connectivity index (χ1) is 13.3. The lowest BCUT2D eigenvalue weighted by molar-refractivity contribution is -0.116. The van der Waals surface area contributed by atoms with Gasteiger partial charge < -0.3 is 5.32 Å². The standard InChI is InChI=1S/C22H24N2O3S/c1-17-7-5-10-21(15-17)24(28(2,26)27)14-6-11-22(25)23-20-13-12-18-8-3-4-9-19(18)16-20/h3-5,7-10,12-13,15-16H,6,11,14H2,1-2H3,(H,23,25). The van der Waals surface area contributed by atoms with Crippen molar-refractivity contribution in [3.8, 4) is 0 Å². The Bertz CT molecular complexity index is 1090. The molecular formula is C22H24N2O3S. The number of sulfonamides is 1. The minimum absolute atomic E-state index is 0.132. The largest absolute Gasteiger partial charge is 0.326 e. The minimum Gasteiger partial charge on any atom is -0.326 e. The maximum atomic E-state index is 12.3. The van der Waals surface area contributed by atoms with E-state index in [0.29, 0.717) is 12.1 Å². The van der Waals surface area contributed by atoms with Crippen LogP contribution in [0.4, 0.5) is 11.4 Å². The molecule has 0 saturated heterocycles. The average molecular weight is 397 g/mol. The van der Waals surface area contributed by atoms with Gasteiger partial charge in [0.15, 0.2) is 0 Å². The van der Waals surface area contributed by atoms with E-state index >= 15 is 0 Å². The molecule has 3 aromatic rings. The van der Waals surface area contributed by atoms with Crippen LogP contribution < -0.4 is 9.62 Å². The van der Waals surface area contributed by atoms with E-state index in [9.17, 15) is 13.2 Å². The lowest BCUT2D eigenvalue weighted by Crippen LogP contribution is -2.31. The molecule has 3 rings (SSSR count). The number of amides is 1. The smallest absolute Gasteiger partial charge is 0.232 e. The van der Waals surface area contributed by atoms with Crippen LogP contribution in [0.3, 0.4) is 0 Å². The van der Waals surface area contributed by atoms with Gasteiger partial charge in [-0.25, -0.2) is 8.42 Å². The van der Waals surface area contributed by atoms with Gasteiger partial charge in [0.1, 0.15) is 0 Å². The normalized spacial score (nSPS) is 11.4. The van der Waals surface area contributed by atoms with Gasteiger partial charge in [0.2, 0.25) is 15.9 Å². The number of carbonyl (C=O) groups excluding carboxylic acids is 1. The van der Waals surface area contributed by atoms with Gasteiger partial charge in [-0.2, -0.15) is 0 Å². The van der Waals surface area contributed by atoms with Crippen LogP contribution in [-0.4, -0.2) is 27.1 Å². The molecule has 0 aromatic heterocycles. The van der Waals surface area contributed by atoms with E-state index < -0.39 is 10.0 Å². The summed E-state index contributed by atoms with van der Waals surface area (Å²) >= 11 is 0. The third kappa shape index (κ3) is 5.10. The number of anilines is 2. The fourth-order valence-electron chi connectivity index (χ4n) is 3.14. The summed E-state index contributed by atoms with van der Waals surface area (Å²) in [5.41, 5.74) is 2.35. The predicted octanol–water partition coefficient (Wildman–Crippen LogP) is 4.33. The van der Waals surface area contributed by atoms with E-state index in [0.717, 1.165) is 22.0 Å². The topological polar surface area (TPSA) is 66.5 Å². The average Bonchev–Trinajstić information content (AvgIpc) is 2.64. The van der Waals surface area contributed by atoms with Crippen molar-refractivity contribution < 1.29 is 13.2 Å². The van der Waals surface area contributed by atoms with E-state index in [-0.39, 0.29) is 18.9 Å². The molecule has 0 aliphatic carbocycles. The Morgan fingerprint density at radius 2 is 1.71 bits per heavy atom. The summed E-state index contributed by atoms with van der Waals surface area (Å²) in [5.74, 6) is -0.132. The molecule has 146 valence electrons. The zero-order valence-corrected chi connectivity index (χ0v) is 16.9. The predicted molar refractivity (Wildman–Crippen MR) is 115 cm³/mol. The number of aryl methyl sites for hydroxylation is 1. The van der Waals surface area contributed by atoms with Gasteiger partial charge in [0.05, 0.1) is 11.9 Å². The summed E-state index contributed by atoms with van der Waals surface area (Å²) in [5, 5.41) is 5.06. The summed E-state index contributed by atoms with van der Waals surface area (Å²) < 4.78 is 25.7. The van der Waals surface area contributed by atoms with Gasteiger partial charge in [0, 0.05) is 18.7 Å². The monoisotopic (exact) mass is 396 g/mol. The molecule has 28 heavy (non-hydrogen) atoms. The van der Waals surface area contributed by atoms with E-state index in [1.54, 1.807) is 6.07 Å². The molecule has 0 aliphatic heterocycles. The Kier molecular flexibility index (Phi) is 5.99. The second-order valence-corrected chi connectivity index (χ2v) is 8.79. The maximum absolute atomic E-state index is 12.3. The molecule has 0 aliphatic rings. The van der Waals surface area contributed by atoms with Crippen molar-refractivity contribution in [1.29, 1.82) is 0 Å². The second-order valence-electron chi connectivity index (χ2n) is 6.89. The van der Waals surface area contributed by atoms with Crippen LogP contribution >= 0.6 is 0 Å². The number of nitrogens with one attached hydrogen (secondary N) is 1. The molecule has 0 fully saturated rings. The van der Waals surface area contributed by atoms with Crippen molar-refractivity contribution in [2.75, 3.05) is 22.4 Å². The number of carbonyl (C=O) groups is 1.